The van der Waals surface area contributed by atoms with E-state index in [-0.39, 0.29) is 18.0 Å². The molecule has 1 aromatic rings. The lowest BCUT2D eigenvalue weighted by molar-refractivity contribution is -0.119. The SMILES string of the molecule is CCC(=O)C(N)Cc1ccccc1F. The molecule has 0 saturated carbocycles. The van der Waals surface area contributed by atoms with E-state index in [4.69, 9.17) is 5.73 Å². The molecular formula is C11H14FNO. The second-order valence-electron chi connectivity index (χ2n) is 3.22. The molecule has 0 saturated heterocycles. The van der Waals surface area contributed by atoms with Crippen molar-refractivity contribution in [1.82, 2.24) is 0 Å². The minimum Gasteiger partial charge on any atom is -0.321 e. The summed E-state index contributed by atoms with van der Waals surface area (Å²) in [4.78, 5) is 11.2. The number of Topliss-reactive ketones (excluding diaryl/α,β-unsaturated/α-hetero) is 1. The van der Waals surface area contributed by atoms with Crippen LogP contribution in [0.1, 0.15) is 18.9 Å². The van der Waals surface area contributed by atoms with E-state index >= 15 is 0 Å². The Kier molecular flexibility index (Phi) is 3.77. The van der Waals surface area contributed by atoms with Gasteiger partial charge in [-0.2, -0.15) is 0 Å². The maximum Gasteiger partial charge on any atom is 0.149 e. The Labute approximate surface area is 82.9 Å². The summed E-state index contributed by atoms with van der Waals surface area (Å²) in [6.07, 6.45) is 0.676. The summed E-state index contributed by atoms with van der Waals surface area (Å²) < 4.78 is 13.2. The first kappa shape index (κ1) is 10.9. The van der Waals surface area contributed by atoms with Crippen molar-refractivity contribution in [3.63, 3.8) is 0 Å². The van der Waals surface area contributed by atoms with Gasteiger partial charge in [-0.3, -0.25) is 4.79 Å². The third-order valence-corrected chi connectivity index (χ3v) is 2.16. The van der Waals surface area contributed by atoms with Gasteiger partial charge in [0.1, 0.15) is 11.6 Å². The standard InChI is InChI=1S/C11H14FNO/c1-2-11(14)10(13)7-8-5-3-4-6-9(8)12/h3-6,10H,2,7,13H2,1H3. The van der Waals surface area contributed by atoms with Gasteiger partial charge in [-0.05, 0) is 18.1 Å². The van der Waals surface area contributed by atoms with Crippen LogP contribution in [0.25, 0.3) is 0 Å². The molecule has 1 rings (SSSR count). The van der Waals surface area contributed by atoms with Crippen molar-refractivity contribution in [2.75, 3.05) is 0 Å². The van der Waals surface area contributed by atoms with Gasteiger partial charge in [-0.15, -0.1) is 0 Å². The molecule has 0 aliphatic heterocycles. The predicted octanol–water partition coefficient (Wildman–Crippen LogP) is 1.67. The summed E-state index contributed by atoms with van der Waals surface area (Å²) in [6.45, 7) is 1.75. The molecule has 76 valence electrons. The van der Waals surface area contributed by atoms with Crippen LogP contribution in [0.15, 0.2) is 24.3 Å². The Bertz CT molecular complexity index is 325. The Morgan fingerprint density at radius 1 is 1.50 bits per heavy atom. The molecule has 3 heteroatoms. The van der Waals surface area contributed by atoms with Crippen molar-refractivity contribution < 1.29 is 9.18 Å². The van der Waals surface area contributed by atoms with Gasteiger partial charge in [0.25, 0.3) is 0 Å². The third-order valence-electron chi connectivity index (χ3n) is 2.16. The molecule has 0 fully saturated rings. The van der Waals surface area contributed by atoms with E-state index < -0.39 is 6.04 Å². The van der Waals surface area contributed by atoms with Crippen molar-refractivity contribution in [2.45, 2.75) is 25.8 Å². The van der Waals surface area contributed by atoms with E-state index in [9.17, 15) is 9.18 Å². The molecule has 2 nitrogen and oxygen atoms in total. The van der Waals surface area contributed by atoms with Crippen molar-refractivity contribution in [3.8, 4) is 0 Å². The zero-order valence-corrected chi connectivity index (χ0v) is 8.16. The Balaban J connectivity index is 2.69. The molecule has 0 spiro atoms. The summed E-state index contributed by atoms with van der Waals surface area (Å²) in [6, 6.07) is 5.79. The summed E-state index contributed by atoms with van der Waals surface area (Å²) in [7, 11) is 0. The van der Waals surface area contributed by atoms with Crippen molar-refractivity contribution in [3.05, 3.63) is 35.6 Å². The van der Waals surface area contributed by atoms with Crippen molar-refractivity contribution in [2.24, 2.45) is 5.73 Å². The normalized spacial score (nSPS) is 12.5. The molecular weight excluding hydrogens is 181 g/mol. The molecule has 2 N–H and O–H groups in total. The van der Waals surface area contributed by atoms with E-state index in [2.05, 4.69) is 0 Å². The van der Waals surface area contributed by atoms with Gasteiger partial charge in [0.15, 0.2) is 0 Å². The smallest absolute Gasteiger partial charge is 0.149 e. The summed E-state index contributed by atoms with van der Waals surface area (Å²) in [5.41, 5.74) is 6.11. The topological polar surface area (TPSA) is 43.1 Å². The van der Waals surface area contributed by atoms with Crippen LogP contribution in [0.2, 0.25) is 0 Å². The lowest BCUT2D eigenvalue weighted by atomic mass is 10.0. The van der Waals surface area contributed by atoms with Crippen LogP contribution in [0.4, 0.5) is 4.39 Å². The lowest BCUT2D eigenvalue weighted by Gasteiger charge is -2.09. The van der Waals surface area contributed by atoms with Crippen molar-refractivity contribution >= 4 is 5.78 Å². The highest BCUT2D eigenvalue weighted by Crippen LogP contribution is 2.09. The fourth-order valence-electron chi connectivity index (χ4n) is 1.28. The number of benzene rings is 1. The molecule has 0 bridgehead atoms. The van der Waals surface area contributed by atoms with E-state index in [0.29, 0.717) is 12.0 Å². The number of halogens is 1. The van der Waals surface area contributed by atoms with Gasteiger partial charge < -0.3 is 5.73 Å². The van der Waals surface area contributed by atoms with E-state index in [0.717, 1.165) is 0 Å². The fourth-order valence-corrected chi connectivity index (χ4v) is 1.28. The van der Waals surface area contributed by atoms with E-state index in [1.54, 1.807) is 25.1 Å². The Hall–Kier alpha value is -1.22. The molecule has 1 atom stereocenters. The van der Waals surface area contributed by atoms with E-state index in [1.807, 2.05) is 0 Å². The molecule has 0 aromatic heterocycles. The molecule has 1 aromatic carbocycles. The maximum absolute atomic E-state index is 13.2. The Morgan fingerprint density at radius 2 is 2.14 bits per heavy atom. The molecule has 14 heavy (non-hydrogen) atoms. The Morgan fingerprint density at radius 3 is 2.71 bits per heavy atom. The van der Waals surface area contributed by atoms with Gasteiger partial charge in [0.05, 0.1) is 6.04 Å². The number of ketones is 1. The zero-order valence-electron chi connectivity index (χ0n) is 8.16. The highest BCUT2D eigenvalue weighted by molar-refractivity contribution is 5.83. The van der Waals surface area contributed by atoms with Crippen molar-refractivity contribution in [1.29, 1.82) is 0 Å². The number of rotatable bonds is 4. The second-order valence-corrected chi connectivity index (χ2v) is 3.22. The highest BCUT2D eigenvalue weighted by Gasteiger charge is 2.13. The molecule has 0 heterocycles. The number of carbonyl (C=O) groups excluding carboxylic acids is 1. The molecule has 0 aliphatic carbocycles. The number of carbonyl (C=O) groups is 1. The van der Waals surface area contributed by atoms with Gasteiger partial charge in [0, 0.05) is 6.42 Å². The fraction of sp³-hybridized carbons (Fsp3) is 0.364. The number of hydrogen-bond acceptors (Lipinski definition) is 2. The molecule has 0 amide bonds. The predicted molar refractivity (Wildman–Crippen MR) is 53.4 cm³/mol. The largest absolute Gasteiger partial charge is 0.321 e. The zero-order chi connectivity index (χ0) is 10.6. The quantitative estimate of drug-likeness (QED) is 0.794. The van der Waals surface area contributed by atoms with Gasteiger partial charge in [-0.1, -0.05) is 25.1 Å². The minimum absolute atomic E-state index is 0.0340. The first-order chi connectivity index (χ1) is 6.65. The molecule has 0 radical (unpaired) electrons. The number of hydrogen-bond donors (Lipinski definition) is 1. The second kappa shape index (κ2) is 4.86. The van der Waals surface area contributed by atoms with Crippen LogP contribution in [-0.2, 0) is 11.2 Å². The van der Waals surface area contributed by atoms with E-state index in [1.165, 1.54) is 6.07 Å². The summed E-state index contributed by atoms with van der Waals surface area (Å²) >= 11 is 0. The average Bonchev–Trinajstić information content (AvgIpc) is 2.20. The summed E-state index contributed by atoms with van der Waals surface area (Å²) in [5, 5.41) is 0. The summed E-state index contributed by atoms with van der Waals surface area (Å²) in [5.74, 6) is -0.333. The molecule has 0 aliphatic rings. The van der Waals surface area contributed by atoms with Crippen LogP contribution < -0.4 is 5.73 Å². The van der Waals surface area contributed by atoms with Gasteiger partial charge >= 0.3 is 0 Å². The van der Waals surface area contributed by atoms with Crippen LogP contribution in [-0.4, -0.2) is 11.8 Å². The molecule has 1 unspecified atom stereocenters. The van der Waals surface area contributed by atoms with Crippen LogP contribution in [0, 0.1) is 5.82 Å². The first-order valence-corrected chi connectivity index (χ1v) is 4.66. The monoisotopic (exact) mass is 195 g/mol. The average molecular weight is 195 g/mol. The maximum atomic E-state index is 13.2. The van der Waals surface area contributed by atoms with Gasteiger partial charge in [0.2, 0.25) is 0 Å². The number of nitrogens with two attached hydrogens (primary N) is 1. The first-order valence-electron chi connectivity index (χ1n) is 4.66. The van der Waals surface area contributed by atoms with Crippen LogP contribution in [0.5, 0.6) is 0 Å². The van der Waals surface area contributed by atoms with Crippen LogP contribution >= 0.6 is 0 Å². The lowest BCUT2D eigenvalue weighted by Crippen LogP contribution is -2.32. The van der Waals surface area contributed by atoms with Gasteiger partial charge in [-0.25, -0.2) is 4.39 Å². The third kappa shape index (κ3) is 2.64. The minimum atomic E-state index is -0.586. The highest BCUT2D eigenvalue weighted by atomic mass is 19.1. The van der Waals surface area contributed by atoms with Crippen LogP contribution in [0.3, 0.4) is 0 Å².